The summed E-state index contributed by atoms with van der Waals surface area (Å²) in [6.07, 6.45) is 8.29. The molecule has 1 heterocycles. The number of hydrogen-bond acceptors (Lipinski definition) is 2. The summed E-state index contributed by atoms with van der Waals surface area (Å²) in [6, 6.07) is 12.6. The van der Waals surface area contributed by atoms with Crippen molar-refractivity contribution in [2.75, 3.05) is 26.7 Å². The minimum atomic E-state index is 0.771. The standard InChI is InChI=1S/C18H28N2/c1-19(14-12-16-7-3-2-4-8-16)18-11-6-13-20(15-18)17-9-5-10-17/h2-4,7-8,17-18H,5-6,9-15H2,1H3. The Kier molecular flexibility index (Phi) is 4.74. The first-order chi connectivity index (χ1) is 9.83. The smallest absolute Gasteiger partial charge is 0.0220 e. The maximum Gasteiger partial charge on any atom is 0.0220 e. The zero-order valence-corrected chi connectivity index (χ0v) is 12.8. The van der Waals surface area contributed by atoms with Crippen LogP contribution in [0.1, 0.15) is 37.7 Å². The van der Waals surface area contributed by atoms with E-state index in [0.717, 1.165) is 12.1 Å². The van der Waals surface area contributed by atoms with Gasteiger partial charge in [0.2, 0.25) is 0 Å². The number of piperidine rings is 1. The summed E-state index contributed by atoms with van der Waals surface area (Å²) < 4.78 is 0. The van der Waals surface area contributed by atoms with Crippen LogP contribution in [0.4, 0.5) is 0 Å². The SMILES string of the molecule is CN(CCc1ccccc1)C1CCCN(C2CCC2)C1. The second kappa shape index (κ2) is 6.73. The molecular formula is C18H28N2. The lowest BCUT2D eigenvalue weighted by Gasteiger charge is -2.44. The third-order valence-electron chi connectivity index (χ3n) is 5.24. The van der Waals surface area contributed by atoms with Gasteiger partial charge in [0.15, 0.2) is 0 Å². The molecule has 1 unspecified atom stereocenters. The van der Waals surface area contributed by atoms with E-state index in [1.807, 2.05) is 0 Å². The van der Waals surface area contributed by atoms with Crippen LogP contribution in [0.3, 0.4) is 0 Å². The van der Waals surface area contributed by atoms with Gasteiger partial charge in [-0.1, -0.05) is 36.8 Å². The van der Waals surface area contributed by atoms with Crippen LogP contribution in [0, 0.1) is 0 Å². The molecule has 2 fully saturated rings. The van der Waals surface area contributed by atoms with Crippen molar-refractivity contribution in [2.24, 2.45) is 0 Å². The minimum Gasteiger partial charge on any atom is -0.302 e. The molecule has 0 amide bonds. The molecule has 0 aromatic heterocycles. The third-order valence-corrected chi connectivity index (χ3v) is 5.24. The zero-order chi connectivity index (χ0) is 13.8. The first-order valence-corrected chi connectivity index (χ1v) is 8.31. The summed E-state index contributed by atoms with van der Waals surface area (Å²) in [7, 11) is 2.32. The second-order valence-electron chi connectivity index (χ2n) is 6.59. The molecule has 1 aromatic rings. The van der Waals surface area contributed by atoms with Crippen molar-refractivity contribution in [1.29, 1.82) is 0 Å². The summed E-state index contributed by atoms with van der Waals surface area (Å²) in [5, 5.41) is 0. The largest absolute Gasteiger partial charge is 0.302 e. The Balaban J connectivity index is 1.47. The lowest BCUT2D eigenvalue weighted by atomic mass is 9.89. The van der Waals surface area contributed by atoms with Crippen LogP contribution in [-0.2, 0) is 6.42 Å². The highest BCUT2D eigenvalue weighted by Crippen LogP contribution is 2.28. The van der Waals surface area contributed by atoms with Gasteiger partial charge in [0, 0.05) is 25.2 Å². The molecule has 2 nitrogen and oxygen atoms in total. The van der Waals surface area contributed by atoms with Crippen LogP contribution >= 0.6 is 0 Å². The predicted octanol–water partition coefficient (Wildman–Crippen LogP) is 3.18. The van der Waals surface area contributed by atoms with E-state index in [1.54, 1.807) is 0 Å². The number of likely N-dealkylation sites (N-methyl/N-ethyl adjacent to an activating group) is 1. The second-order valence-corrected chi connectivity index (χ2v) is 6.59. The maximum atomic E-state index is 2.76. The zero-order valence-electron chi connectivity index (χ0n) is 12.8. The van der Waals surface area contributed by atoms with Crippen LogP contribution < -0.4 is 0 Å². The normalized spacial score (nSPS) is 24.8. The van der Waals surface area contributed by atoms with E-state index in [-0.39, 0.29) is 0 Å². The highest BCUT2D eigenvalue weighted by Gasteiger charge is 2.30. The fourth-order valence-corrected chi connectivity index (χ4v) is 3.56. The van der Waals surface area contributed by atoms with Crippen LogP contribution in [0.5, 0.6) is 0 Å². The number of nitrogens with zero attached hydrogens (tertiary/aromatic N) is 2. The molecule has 2 heteroatoms. The van der Waals surface area contributed by atoms with Crippen molar-refractivity contribution in [2.45, 2.75) is 50.6 Å². The molecule has 1 saturated carbocycles. The van der Waals surface area contributed by atoms with Crippen molar-refractivity contribution >= 4 is 0 Å². The predicted molar refractivity (Wildman–Crippen MR) is 85.0 cm³/mol. The van der Waals surface area contributed by atoms with E-state index < -0.39 is 0 Å². The van der Waals surface area contributed by atoms with E-state index >= 15 is 0 Å². The van der Waals surface area contributed by atoms with E-state index in [0.29, 0.717) is 0 Å². The van der Waals surface area contributed by atoms with Gasteiger partial charge in [-0.05, 0) is 51.3 Å². The van der Waals surface area contributed by atoms with Gasteiger partial charge in [0.05, 0.1) is 0 Å². The van der Waals surface area contributed by atoms with Crippen LogP contribution in [0.2, 0.25) is 0 Å². The Bertz CT molecular complexity index is 399. The molecule has 1 atom stereocenters. The molecule has 1 aliphatic heterocycles. The molecule has 1 aromatic carbocycles. The van der Waals surface area contributed by atoms with Crippen LogP contribution in [-0.4, -0.2) is 48.6 Å². The van der Waals surface area contributed by atoms with E-state index in [2.05, 4.69) is 47.2 Å². The van der Waals surface area contributed by atoms with E-state index in [1.165, 1.54) is 63.7 Å². The van der Waals surface area contributed by atoms with Gasteiger partial charge < -0.3 is 4.90 Å². The molecule has 0 radical (unpaired) electrons. The molecule has 1 aliphatic carbocycles. The molecule has 1 saturated heterocycles. The minimum absolute atomic E-state index is 0.771. The Hall–Kier alpha value is -0.860. The summed E-state index contributed by atoms with van der Waals surface area (Å²) >= 11 is 0. The third kappa shape index (κ3) is 3.42. The van der Waals surface area contributed by atoms with Gasteiger partial charge >= 0.3 is 0 Å². The Morgan fingerprint density at radius 1 is 1.10 bits per heavy atom. The van der Waals surface area contributed by atoms with E-state index in [9.17, 15) is 0 Å². The Labute approximate surface area is 123 Å². The molecule has 20 heavy (non-hydrogen) atoms. The first-order valence-electron chi connectivity index (χ1n) is 8.31. The van der Waals surface area contributed by atoms with Crippen molar-refractivity contribution < 1.29 is 0 Å². The summed E-state index contributed by atoms with van der Waals surface area (Å²) in [4.78, 5) is 5.36. The average molecular weight is 272 g/mol. The monoisotopic (exact) mass is 272 g/mol. The number of likely N-dealkylation sites (tertiary alicyclic amines) is 1. The number of rotatable bonds is 5. The first kappa shape index (κ1) is 14.1. The number of hydrogen-bond donors (Lipinski definition) is 0. The quantitative estimate of drug-likeness (QED) is 0.812. The van der Waals surface area contributed by atoms with Gasteiger partial charge in [-0.3, -0.25) is 4.90 Å². The lowest BCUT2D eigenvalue weighted by molar-refractivity contribution is 0.0537. The fourth-order valence-electron chi connectivity index (χ4n) is 3.56. The molecule has 3 rings (SSSR count). The summed E-state index contributed by atoms with van der Waals surface area (Å²) in [6.45, 7) is 3.83. The molecule has 0 spiro atoms. The lowest BCUT2D eigenvalue weighted by Crippen LogP contribution is -2.52. The summed E-state index contributed by atoms with van der Waals surface area (Å²) in [5.74, 6) is 0. The van der Waals surface area contributed by atoms with Gasteiger partial charge in [0.1, 0.15) is 0 Å². The molecular weight excluding hydrogens is 244 g/mol. The fraction of sp³-hybridized carbons (Fsp3) is 0.667. The van der Waals surface area contributed by atoms with Gasteiger partial charge in [0.25, 0.3) is 0 Å². The van der Waals surface area contributed by atoms with Gasteiger partial charge in [-0.15, -0.1) is 0 Å². The Morgan fingerprint density at radius 2 is 1.90 bits per heavy atom. The van der Waals surface area contributed by atoms with Crippen molar-refractivity contribution in [1.82, 2.24) is 9.80 Å². The maximum absolute atomic E-state index is 2.76. The average Bonchev–Trinajstić information content (AvgIpc) is 2.44. The van der Waals surface area contributed by atoms with Crippen molar-refractivity contribution in [3.8, 4) is 0 Å². The highest BCUT2D eigenvalue weighted by molar-refractivity contribution is 5.14. The Morgan fingerprint density at radius 3 is 2.60 bits per heavy atom. The number of benzene rings is 1. The van der Waals surface area contributed by atoms with Gasteiger partial charge in [-0.2, -0.15) is 0 Å². The molecule has 0 bridgehead atoms. The van der Waals surface area contributed by atoms with Crippen LogP contribution in [0.15, 0.2) is 30.3 Å². The molecule has 110 valence electrons. The van der Waals surface area contributed by atoms with Gasteiger partial charge in [-0.25, -0.2) is 0 Å². The highest BCUT2D eigenvalue weighted by atomic mass is 15.2. The summed E-state index contributed by atoms with van der Waals surface area (Å²) in [5.41, 5.74) is 1.46. The molecule has 2 aliphatic rings. The topological polar surface area (TPSA) is 6.48 Å². The van der Waals surface area contributed by atoms with Crippen LogP contribution in [0.25, 0.3) is 0 Å². The van der Waals surface area contributed by atoms with Crippen molar-refractivity contribution in [3.05, 3.63) is 35.9 Å². The molecule has 0 N–H and O–H groups in total. The van der Waals surface area contributed by atoms with E-state index in [4.69, 9.17) is 0 Å². The van der Waals surface area contributed by atoms with Crippen molar-refractivity contribution in [3.63, 3.8) is 0 Å².